The lowest BCUT2D eigenvalue weighted by atomic mass is 9.86. The van der Waals surface area contributed by atoms with Gasteiger partial charge in [-0.2, -0.15) is 5.10 Å². The van der Waals surface area contributed by atoms with Gasteiger partial charge in [0.2, 0.25) is 0 Å². The van der Waals surface area contributed by atoms with E-state index in [1.54, 1.807) is 7.11 Å². The van der Waals surface area contributed by atoms with Crippen LogP contribution < -0.4 is 10.1 Å². The number of nitrogens with one attached hydrogen (secondary N) is 1. The van der Waals surface area contributed by atoms with Crippen LogP contribution in [0.1, 0.15) is 28.2 Å². The van der Waals surface area contributed by atoms with Crippen LogP contribution in [-0.4, -0.2) is 40.9 Å². The fourth-order valence-corrected chi connectivity index (χ4v) is 3.88. The SMILES string of the molecule is COc1ccc(CCNC(=O)N2Cc3ccccc3C(c3cnn(C)c3)C2)cc1. The maximum Gasteiger partial charge on any atom is 0.317 e. The molecule has 6 nitrogen and oxygen atoms in total. The van der Waals surface area contributed by atoms with E-state index in [9.17, 15) is 4.79 Å². The number of aryl methyl sites for hydroxylation is 1. The van der Waals surface area contributed by atoms with Gasteiger partial charge < -0.3 is 15.0 Å². The Kier molecular flexibility index (Phi) is 5.51. The predicted molar refractivity (Wildman–Crippen MR) is 112 cm³/mol. The second-order valence-electron chi connectivity index (χ2n) is 7.41. The van der Waals surface area contributed by atoms with Crippen LogP contribution in [0.3, 0.4) is 0 Å². The second kappa shape index (κ2) is 8.39. The second-order valence-corrected chi connectivity index (χ2v) is 7.41. The molecule has 3 aromatic rings. The smallest absolute Gasteiger partial charge is 0.317 e. The molecule has 1 aromatic heterocycles. The highest BCUT2D eigenvalue weighted by Gasteiger charge is 2.29. The summed E-state index contributed by atoms with van der Waals surface area (Å²) in [5, 5.41) is 7.39. The minimum Gasteiger partial charge on any atom is -0.497 e. The number of carbonyl (C=O) groups excluding carboxylic acids is 1. The van der Waals surface area contributed by atoms with Gasteiger partial charge in [-0.25, -0.2) is 4.79 Å². The molecule has 1 aliphatic rings. The third-order valence-electron chi connectivity index (χ3n) is 5.46. The molecular weight excluding hydrogens is 364 g/mol. The maximum absolute atomic E-state index is 12.9. The van der Waals surface area contributed by atoms with Crippen LogP contribution in [0.25, 0.3) is 0 Å². The number of benzene rings is 2. The number of urea groups is 1. The zero-order valence-corrected chi connectivity index (χ0v) is 16.8. The summed E-state index contributed by atoms with van der Waals surface area (Å²) >= 11 is 0. The van der Waals surface area contributed by atoms with Crippen LogP contribution in [-0.2, 0) is 20.0 Å². The fraction of sp³-hybridized carbons (Fsp3) is 0.304. The molecular formula is C23H26N4O2. The molecule has 0 bridgehead atoms. The molecule has 1 atom stereocenters. The van der Waals surface area contributed by atoms with Gasteiger partial charge in [0.1, 0.15) is 5.75 Å². The van der Waals surface area contributed by atoms with Crippen LogP contribution in [0.2, 0.25) is 0 Å². The maximum atomic E-state index is 12.9. The van der Waals surface area contributed by atoms with E-state index in [2.05, 4.69) is 28.6 Å². The topological polar surface area (TPSA) is 59.4 Å². The molecule has 0 saturated heterocycles. The Morgan fingerprint density at radius 2 is 2.00 bits per heavy atom. The zero-order chi connectivity index (χ0) is 20.2. The number of methoxy groups -OCH3 is 1. The fourth-order valence-electron chi connectivity index (χ4n) is 3.88. The summed E-state index contributed by atoms with van der Waals surface area (Å²) < 4.78 is 7.00. The quantitative estimate of drug-likeness (QED) is 0.727. The summed E-state index contributed by atoms with van der Waals surface area (Å²) in [6, 6.07) is 16.3. The molecule has 6 heteroatoms. The van der Waals surface area contributed by atoms with Crippen molar-refractivity contribution in [3.05, 3.63) is 83.2 Å². The highest BCUT2D eigenvalue weighted by Crippen LogP contribution is 2.33. The summed E-state index contributed by atoms with van der Waals surface area (Å²) in [7, 11) is 3.58. The molecule has 150 valence electrons. The van der Waals surface area contributed by atoms with Gasteiger partial charge in [-0.15, -0.1) is 0 Å². The molecule has 1 unspecified atom stereocenters. The largest absolute Gasteiger partial charge is 0.497 e. The van der Waals surface area contributed by atoms with Gasteiger partial charge in [-0.1, -0.05) is 36.4 Å². The normalized spacial score (nSPS) is 15.7. The molecule has 0 aliphatic carbocycles. The van der Waals surface area contributed by atoms with Crippen molar-refractivity contribution >= 4 is 6.03 Å². The van der Waals surface area contributed by atoms with E-state index in [0.717, 1.165) is 17.7 Å². The standard InChI is InChI=1S/C23H26N4O2/c1-26-14-19(13-25-26)22-16-27(15-18-5-3-4-6-21(18)22)23(28)24-12-11-17-7-9-20(29-2)10-8-17/h3-10,13-14,22H,11-12,15-16H2,1-2H3,(H,24,28). The third kappa shape index (κ3) is 4.26. The van der Waals surface area contributed by atoms with Crippen molar-refractivity contribution in [2.45, 2.75) is 18.9 Å². The first kappa shape index (κ1) is 19.1. The number of hydrogen-bond acceptors (Lipinski definition) is 3. The number of hydrogen-bond donors (Lipinski definition) is 1. The summed E-state index contributed by atoms with van der Waals surface area (Å²) in [4.78, 5) is 14.8. The average Bonchev–Trinajstić information content (AvgIpc) is 3.19. The molecule has 0 spiro atoms. The van der Waals surface area contributed by atoms with Gasteiger partial charge in [-0.3, -0.25) is 4.68 Å². The number of rotatable bonds is 5. The Hall–Kier alpha value is -3.28. The third-order valence-corrected chi connectivity index (χ3v) is 5.46. The van der Waals surface area contributed by atoms with Gasteiger partial charge in [0.05, 0.1) is 13.3 Å². The van der Waals surface area contributed by atoms with Crippen molar-refractivity contribution in [2.75, 3.05) is 20.2 Å². The molecule has 4 rings (SSSR count). The van der Waals surface area contributed by atoms with E-state index in [1.807, 2.05) is 59.4 Å². The molecule has 0 radical (unpaired) electrons. The molecule has 1 N–H and O–H groups in total. The number of carbonyl (C=O) groups is 1. The first-order valence-electron chi connectivity index (χ1n) is 9.86. The molecule has 0 fully saturated rings. The Morgan fingerprint density at radius 1 is 1.21 bits per heavy atom. The lowest BCUT2D eigenvalue weighted by Crippen LogP contribution is -2.44. The van der Waals surface area contributed by atoms with Gasteiger partial charge in [0.25, 0.3) is 0 Å². The first-order chi connectivity index (χ1) is 14.1. The Balaban J connectivity index is 1.42. The molecule has 2 aromatic carbocycles. The van der Waals surface area contributed by atoms with Crippen LogP contribution >= 0.6 is 0 Å². The Bertz CT molecular complexity index is 981. The van der Waals surface area contributed by atoms with Crippen molar-refractivity contribution < 1.29 is 9.53 Å². The molecule has 2 heterocycles. The van der Waals surface area contributed by atoms with Crippen LogP contribution in [0.15, 0.2) is 60.9 Å². The monoisotopic (exact) mass is 390 g/mol. The van der Waals surface area contributed by atoms with E-state index in [0.29, 0.717) is 19.6 Å². The van der Waals surface area contributed by atoms with E-state index in [1.165, 1.54) is 16.7 Å². The van der Waals surface area contributed by atoms with E-state index < -0.39 is 0 Å². The van der Waals surface area contributed by atoms with Crippen LogP contribution in [0.5, 0.6) is 5.75 Å². The van der Waals surface area contributed by atoms with Crippen molar-refractivity contribution in [3.8, 4) is 5.75 Å². The Labute approximate surface area is 171 Å². The number of aromatic nitrogens is 2. The summed E-state index contributed by atoms with van der Waals surface area (Å²) in [6.45, 7) is 1.87. The minimum atomic E-state index is -0.0260. The highest BCUT2D eigenvalue weighted by molar-refractivity contribution is 5.75. The molecule has 0 saturated carbocycles. The molecule has 1 aliphatic heterocycles. The first-order valence-corrected chi connectivity index (χ1v) is 9.86. The van der Waals surface area contributed by atoms with E-state index >= 15 is 0 Å². The minimum absolute atomic E-state index is 0.0260. The lowest BCUT2D eigenvalue weighted by Gasteiger charge is -2.34. The lowest BCUT2D eigenvalue weighted by molar-refractivity contribution is 0.189. The van der Waals surface area contributed by atoms with Crippen molar-refractivity contribution in [2.24, 2.45) is 7.05 Å². The van der Waals surface area contributed by atoms with Crippen molar-refractivity contribution in [1.29, 1.82) is 0 Å². The summed E-state index contributed by atoms with van der Waals surface area (Å²) in [5.74, 6) is 0.979. The number of ether oxygens (including phenoxy) is 1. The van der Waals surface area contributed by atoms with E-state index in [4.69, 9.17) is 4.74 Å². The molecule has 2 amide bonds. The van der Waals surface area contributed by atoms with Crippen LogP contribution in [0, 0.1) is 0 Å². The summed E-state index contributed by atoms with van der Waals surface area (Å²) in [5.41, 5.74) is 4.78. The number of amides is 2. The van der Waals surface area contributed by atoms with Crippen molar-refractivity contribution in [3.63, 3.8) is 0 Å². The number of fused-ring (bicyclic) bond motifs is 1. The average molecular weight is 390 g/mol. The van der Waals surface area contributed by atoms with E-state index in [-0.39, 0.29) is 11.9 Å². The molecule has 29 heavy (non-hydrogen) atoms. The Morgan fingerprint density at radius 3 is 2.72 bits per heavy atom. The number of nitrogens with zero attached hydrogens (tertiary/aromatic N) is 3. The zero-order valence-electron chi connectivity index (χ0n) is 16.8. The van der Waals surface area contributed by atoms with Gasteiger partial charge >= 0.3 is 6.03 Å². The van der Waals surface area contributed by atoms with Crippen LogP contribution in [0.4, 0.5) is 4.79 Å². The van der Waals surface area contributed by atoms with Gasteiger partial charge in [0, 0.05) is 38.8 Å². The van der Waals surface area contributed by atoms with Gasteiger partial charge in [-0.05, 0) is 40.8 Å². The predicted octanol–water partition coefficient (Wildman–Crippen LogP) is 3.33. The van der Waals surface area contributed by atoms with Crippen molar-refractivity contribution in [1.82, 2.24) is 20.0 Å². The summed E-state index contributed by atoms with van der Waals surface area (Å²) in [6.07, 6.45) is 4.71. The highest BCUT2D eigenvalue weighted by atomic mass is 16.5. The van der Waals surface area contributed by atoms with Gasteiger partial charge in [0.15, 0.2) is 0 Å².